The van der Waals surface area contributed by atoms with Gasteiger partial charge in [-0.25, -0.2) is 9.59 Å². The minimum atomic E-state index is -0.593. The molecule has 2 atom stereocenters. The van der Waals surface area contributed by atoms with Crippen LogP contribution < -0.4 is 24.2 Å². The number of β-amino-alcohol motifs (C(OH)–C–C–N with tert-alkyl or cyclic N) is 2. The van der Waals surface area contributed by atoms with Gasteiger partial charge >= 0.3 is 12.1 Å². The van der Waals surface area contributed by atoms with E-state index in [0.29, 0.717) is 19.2 Å². The second-order valence-corrected chi connectivity index (χ2v) is 16.0. The lowest BCUT2D eigenvalue weighted by atomic mass is 10.1. The molecule has 26 nitrogen and oxygen atoms in total. The number of anilines is 3. The summed E-state index contributed by atoms with van der Waals surface area (Å²) in [6.07, 6.45) is -0.607. The van der Waals surface area contributed by atoms with Crippen LogP contribution in [-0.2, 0) is 33.2 Å². The fourth-order valence-electron chi connectivity index (χ4n) is 7.45. The van der Waals surface area contributed by atoms with Crippen LogP contribution in [-0.4, -0.2) is 258 Å². The van der Waals surface area contributed by atoms with Crippen LogP contribution in [0.1, 0.15) is 0 Å². The van der Waals surface area contributed by atoms with Gasteiger partial charge in [0.2, 0.25) is 17.8 Å². The summed E-state index contributed by atoms with van der Waals surface area (Å²) in [4.78, 5) is 48.8. The highest BCUT2D eigenvalue weighted by molar-refractivity contribution is 5.85. The van der Waals surface area contributed by atoms with Crippen molar-refractivity contribution in [1.82, 2.24) is 34.6 Å². The van der Waals surface area contributed by atoms with Gasteiger partial charge in [0, 0.05) is 68.3 Å². The largest absolute Gasteiger partial charge is 0.491 e. The molecule has 1 aromatic heterocycles. The van der Waals surface area contributed by atoms with Crippen molar-refractivity contribution < 1.29 is 77.8 Å². The number of fused-ring (bicyclic) bond motifs is 1. The zero-order valence-corrected chi connectivity index (χ0v) is 41.1. The number of aliphatic hydroxyl groups excluding tert-OH is 5. The number of aliphatic hydroxyl groups is 5. The van der Waals surface area contributed by atoms with E-state index in [1.165, 1.54) is 40.9 Å². The van der Waals surface area contributed by atoms with Crippen LogP contribution in [0.3, 0.4) is 0 Å². The third-order valence-electron chi connectivity index (χ3n) is 10.9. The lowest BCUT2D eigenvalue weighted by Gasteiger charge is -2.28. The van der Waals surface area contributed by atoms with Crippen molar-refractivity contribution in [2.75, 3.05) is 176 Å². The number of methoxy groups -OCH3 is 5. The van der Waals surface area contributed by atoms with Crippen LogP contribution in [0.2, 0.25) is 0 Å². The van der Waals surface area contributed by atoms with E-state index >= 15 is 0 Å². The number of aromatic nitrogens is 3. The van der Waals surface area contributed by atoms with E-state index in [1.54, 1.807) is 28.9 Å². The first-order valence-electron chi connectivity index (χ1n) is 23.0. The summed E-state index contributed by atoms with van der Waals surface area (Å²) in [5.41, 5.74) is 2.32. The second-order valence-electron chi connectivity index (χ2n) is 16.0. The number of benzene rings is 2. The van der Waals surface area contributed by atoms with Gasteiger partial charge in [-0.2, -0.15) is 15.0 Å². The summed E-state index contributed by atoms with van der Waals surface area (Å²) >= 11 is 0. The smallest absolute Gasteiger partial charge is 0.325 e. The van der Waals surface area contributed by atoms with Gasteiger partial charge in [-0.3, -0.25) is 24.5 Å². The van der Waals surface area contributed by atoms with Crippen LogP contribution in [0.15, 0.2) is 48.5 Å². The van der Waals surface area contributed by atoms with E-state index < -0.39 is 12.3 Å². The zero-order chi connectivity index (χ0) is 51.1. The molecule has 71 heavy (non-hydrogen) atoms. The topological polar surface area (TPSA) is 286 Å². The van der Waals surface area contributed by atoms with Gasteiger partial charge in [-0.15, -0.1) is 0 Å². The summed E-state index contributed by atoms with van der Waals surface area (Å²) in [7, 11) is 7.52. The molecule has 4 aliphatic rings. The molecule has 26 heteroatoms. The fraction of sp³-hybridized carbons (Fsp3) is 0.622. The van der Waals surface area contributed by atoms with Crippen LogP contribution in [0.5, 0.6) is 11.5 Å². The molecule has 4 fully saturated rings. The van der Waals surface area contributed by atoms with Crippen LogP contribution in [0.4, 0.5) is 27.4 Å². The standard InChI is InChI=1S/C18H18O4.C15H30N6O6.C12H22N4O6/c1-5-15(19-9-17-11-21-17)6-2-13(1)14-3-7-16(8-4-14)20-10-18-12-22-18;1-25-10-20(6-9-24)14-16-13(19(4-7-22)5-8-23)17-15(18-14)21(11-26-2)12-27-3;1-21-7-15-10-9(13(3-5-17)11(15)19)14(4-6-18)12(20)16(10)8-22-2/h1-8,17-18H,9-12H2;22-24H,4-12H2,1-3H3;9-10,17-18H,3-8H2,1-2H3. The van der Waals surface area contributed by atoms with Gasteiger partial charge in [-0.1, -0.05) is 24.3 Å². The Hall–Kier alpha value is -5.49. The van der Waals surface area contributed by atoms with Crippen molar-refractivity contribution in [3.05, 3.63) is 48.5 Å². The highest BCUT2D eigenvalue weighted by Gasteiger charge is 2.58. The maximum atomic E-state index is 12.5. The summed E-state index contributed by atoms with van der Waals surface area (Å²) in [6, 6.07) is 15.6. The molecule has 5 heterocycles. The Bertz CT molecular complexity index is 1780. The number of rotatable bonds is 30. The zero-order valence-electron chi connectivity index (χ0n) is 41.1. The molecule has 4 amide bonds. The second kappa shape index (κ2) is 29.8. The van der Waals surface area contributed by atoms with E-state index in [9.17, 15) is 35.1 Å². The molecule has 0 spiro atoms. The summed E-state index contributed by atoms with van der Waals surface area (Å²) in [6.45, 7) is 3.57. The Labute approximate surface area is 413 Å². The molecule has 5 N–H and O–H groups in total. The van der Waals surface area contributed by atoms with Crippen molar-refractivity contribution in [2.24, 2.45) is 0 Å². The molecule has 4 saturated heterocycles. The molecular weight excluding hydrogens is 937 g/mol. The lowest BCUT2D eigenvalue weighted by Crippen LogP contribution is -2.48. The highest BCUT2D eigenvalue weighted by Crippen LogP contribution is 2.35. The first-order valence-corrected chi connectivity index (χ1v) is 23.0. The molecule has 2 aromatic carbocycles. The minimum Gasteiger partial charge on any atom is -0.491 e. The van der Waals surface area contributed by atoms with Crippen molar-refractivity contribution in [1.29, 1.82) is 0 Å². The van der Waals surface area contributed by atoms with E-state index in [4.69, 9.17) is 42.6 Å². The highest BCUT2D eigenvalue weighted by atomic mass is 16.6. The summed E-state index contributed by atoms with van der Waals surface area (Å²) < 4.78 is 47.2. The number of epoxide rings is 2. The number of ether oxygens (including phenoxy) is 9. The lowest BCUT2D eigenvalue weighted by molar-refractivity contribution is -0.00263. The third-order valence-corrected chi connectivity index (χ3v) is 10.9. The fourth-order valence-corrected chi connectivity index (χ4v) is 7.45. The molecule has 3 aromatic rings. The number of carbonyl (C=O) groups is 2. The molecule has 0 radical (unpaired) electrons. The van der Waals surface area contributed by atoms with Crippen molar-refractivity contribution in [3.63, 3.8) is 0 Å². The maximum Gasteiger partial charge on any atom is 0.325 e. The quantitative estimate of drug-likeness (QED) is 0.0408. The first-order chi connectivity index (χ1) is 34.6. The van der Waals surface area contributed by atoms with Gasteiger partial charge in [0.1, 0.15) is 76.7 Å². The normalized spacial score (nSPS) is 18.7. The van der Waals surface area contributed by atoms with E-state index in [0.717, 1.165) is 35.8 Å². The Morgan fingerprint density at radius 2 is 0.859 bits per heavy atom. The Morgan fingerprint density at radius 1 is 0.507 bits per heavy atom. The van der Waals surface area contributed by atoms with Crippen molar-refractivity contribution in [3.8, 4) is 22.6 Å². The van der Waals surface area contributed by atoms with Crippen LogP contribution in [0.25, 0.3) is 11.1 Å². The average Bonchev–Trinajstić information content (AvgIpc) is 4.34. The number of amides is 4. The molecule has 2 unspecified atom stereocenters. The molecule has 0 bridgehead atoms. The summed E-state index contributed by atoms with van der Waals surface area (Å²) in [5.74, 6) is 2.60. The molecule has 4 aliphatic heterocycles. The van der Waals surface area contributed by atoms with Gasteiger partial charge in [0.05, 0.1) is 46.2 Å². The van der Waals surface area contributed by atoms with E-state index in [1.807, 2.05) is 24.3 Å². The third kappa shape index (κ3) is 16.3. The summed E-state index contributed by atoms with van der Waals surface area (Å²) in [5, 5.41) is 46.3. The van der Waals surface area contributed by atoms with Gasteiger partial charge in [0.15, 0.2) is 6.17 Å². The van der Waals surface area contributed by atoms with Crippen LogP contribution in [0, 0.1) is 0 Å². The van der Waals surface area contributed by atoms with Gasteiger partial charge in [-0.05, 0) is 35.4 Å². The first kappa shape index (κ1) is 56.4. The van der Waals surface area contributed by atoms with Crippen molar-refractivity contribution >= 4 is 29.9 Å². The van der Waals surface area contributed by atoms with Crippen molar-refractivity contribution in [2.45, 2.75) is 24.5 Å². The predicted molar refractivity (Wildman–Crippen MR) is 254 cm³/mol. The van der Waals surface area contributed by atoms with E-state index in [2.05, 4.69) is 39.2 Å². The number of nitrogens with zero attached hydrogens (tertiary/aromatic N) is 10. The SMILES string of the molecule is COCN(CCO)c1nc(N(CCO)CCO)nc(N(COC)COC)n1.COCN1C(=O)N(CCO)C2C1N(COC)C(=O)N2CCO.c1cc(-c2ccc(OCC3CO3)cc2)ccc1OCC1CO1. The Morgan fingerprint density at radius 3 is 1.21 bits per heavy atom. The van der Waals surface area contributed by atoms with E-state index in [-0.39, 0.29) is 136 Å². The molecule has 0 aliphatic carbocycles. The monoisotopic (exact) mass is 1010 g/mol. The number of urea groups is 2. The molecule has 396 valence electrons. The van der Waals surface area contributed by atoms with Gasteiger partial charge < -0.3 is 78.0 Å². The average molecular weight is 1010 g/mol. The number of carbonyl (C=O) groups excluding carboxylic acids is 2. The minimum absolute atomic E-state index is 0.0163. The Kier molecular flexibility index (Phi) is 23.6. The molecule has 0 saturated carbocycles. The maximum absolute atomic E-state index is 12.5. The predicted octanol–water partition coefficient (Wildman–Crippen LogP) is -0.706. The number of hydrogen-bond acceptors (Lipinski definition) is 22. The Balaban J connectivity index is 0.000000199. The van der Waals surface area contributed by atoms with Crippen LogP contribution >= 0.6 is 0 Å². The molecular formula is C45H70N10O16. The van der Waals surface area contributed by atoms with Gasteiger partial charge in [0.25, 0.3) is 0 Å². The molecule has 7 rings (SSSR count). The number of hydrogen-bond donors (Lipinski definition) is 5.